The number of rotatable bonds is 7. The summed E-state index contributed by atoms with van der Waals surface area (Å²) in [6.45, 7) is 2.06. The van der Waals surface area contributed by atoms with Gasteiger partial charge in [-0.05, 0) is 35.7 Å². The lowest BCUT2D eigenvalue weighted by molar-refractivity contribution is 0.0915. The number of benzene rings is 2. The molecule has 0 saturated carbocycles. The first-order valence-electron chi connectivity index (χ1n) is 9.87. The minimum absolute atomic E-state index is 0.0416. The Bertz CT molecular complexity index is 1290. The van der Waals surface area contributed by atoms with Crippen LogP contribution in [0.1, 0.15) is 11.1 Å². The molecular weight excluding hydrogens is 410 g/mol. The smallest absolute Gasteiger partial charge is 0.262 e. The van der Waals surface area contributed by atoms with E-state index >= 15 is 0 Å². The van der Waals surface area contributed by atoms with Crippen molar-refractivity contribution in [2.24, 2.45) is 0 Å². The number of aryl methyl sites for hydroxylation is 1. The number of thiophene rings is 1. The molecule has 156 valence electrons. The topological polar surface area (TPSA) is 88.1 Å². The molecule has 1 atom stereocenters. The van der Waals surface area contributed by atoms with E-state index in [1.54, 1.807) is 12.1 Å². The van der Waals surface area contributed by atoms with E-state index in [0.29, 0.717) is 22.4 Å². The van der Waals surface area contributed by atoms with Crippen LogP contribution >= 0.6 is 11.3 Å². The zero-order chi connectivity index (χ0) is 21.8. The van der Waals surface area contributed by atoms with Gasteiger partial charge >= 0.3 is 0 Å². The van der Waals surface area contributed by atoms with Crippen molar-refractivity contribution in [2.45, 2.75) is 26.0 Å². The summed E-state index contributed by atoms with van der Waals surface area (Å²) in [7, 11) is 0. The van der Waals surface area contributed by atoms with Gasteiger partial charge < -0.3 is 9.84 Å². The average Bonchev–Trinajstić information content (AvgIpc) is 3.13. The second-order valence-electron chi connectivity index (χ2n) is 7.25. The summed E-state index contributed by atoms with van der Waals surface area (Å²) in [4.78, 5) is 19.2. The van der Waals surface area contributed by atoms with Crippen molar-refractivity contribution >= 4 is 21.6 Å². The first-order valence-corrected chi connectivity index (χ1v) is 10.7. The van der Waals surface area contributed by atoms with Crippen LogP contribution in [0.15, 0.2) is 65.7 Å². The molecule has 0 bridgehead atoms. The maximum absolute atomic E-state index is 13.1. The van der Waals surface area contributed by atoms with E-state index in [0.717, 1.165) is 21.6 Å². The molecule has 0 saturated heterocycles. The molecule has 0 radical (unpaired) electrons. The first-order chi connectivity index (χ1) is 15.1. The predicted molar refractivity (Wildman–Crippen MR) is 121 cm³/mol. The van der Waals surface area contributed by atoms with Crippen LogP contribution in [-0.2, 0) is 13.0 Å². The van der Waals surface area contributed by atoms with Crippen molar-refractivity contribution in [1.29, 1.82) is 5.26 Å². The van der Waals surface area contributed by atoms with Gasteiger partial charge in [-0.2, -0.15) is 5.26 Å². The molecule has 6 nitrogen and oxygen atoms in total. The SMILES string of the molecule is Cc1c(-c2ccccc2)sc2ncn(CC(O)COc3ccc(CC#N)cc3)c(=O)c12. The molecule has 0 aliphatic heterocycles. The highest BCUT2D eigenvalue weighted by molar-refractivity contribution is 7.22. The zero-order valence-electron chi connectivity index (χ0n) is 17.0. The largest absolute Gasteiger partial charge is 0.491 e. The Kier molecular flexibility index (Phi) is 6.12. The lowest BCUT2D eigenvalue weighted by atomic mass is 10.1. The molecule has 7 heteroatoms. The van der Waals surface area contributed by atoms with Crippen molar-refractivity contribution in [3.63, 3.8) is 0 Å². The van der Waals surface area contributed by atoms with Crippen molar-refractivity contribution in [1.82, 2.24) is 9.55 Å². The van der Waals surface area contributed by atoms with Gasteiger partial charge in [-0.15, -0.1) is 11.3 Å². The van der Waals surface area contributed by atoms with Crippen LogP contribution in [0.5, 0.6) is 5.75 Å². The number of aliphatic hydroxyl groups excluding tert-OH is 1. The maximum atomic E-state index is 13.1. The lowest BCUT2D eigenvalue weighted by Gasteiger charge is -2.14. The molecule has 0 aliphatic carbocycles. The molecule has 2 aromatic heterocycles. The first kappa shape index (κ1) is 20.8. The number of aliphatic hydroxyl groups is 1. The van der Waals surface area contributed by atoms with E-state index in [4.69, 9.17) is 10.00 Å². The summed E-state index contributed by atoms with van der Waals surface area (Å²) < 4.78 is 7.05. The molecule has 31 heavy (non-hydrogen) atoms. The van der Waals surface area contributed by atoms with Crippen LogP contribution < -0.4 is 10.3 Å². The van der Waals surface area contributed by atoms with Gasteiger partial charge in [0.25, 0.3) is 5.56 Å². The third-order valence-electron chi connectivity index (χ3n) is 5.01. The van der Waals surface area contributed by atoms with Crippen LogP contribution in [0.3, 0.4) is 0 Å². The molecule has 2 heterocycles. The van der Waals surface area contributed by atoms with Gasteiger partial charge in [-0.1, -0.05) is 42.5 Å². The van der Waals surface area contributed by atoms with Gasteiger partial charge in [0, 0.05) is 4.88 Å². The van der Waals surface area contributed by atoms with Crippen molar-refractivity contribution in [3.05, 3.63) is 82.4 Å². The van der Waals surface area contributed by atoms with E-state index in [2.05, 4.69) is 11.1 Å². The van der Waals surface area contributed by atoms with E-state index in [1.165, 1.54) is 22.2 Å². The third-order valence-corrected chi connectivity index (χ3v) is 6.26. The quantitative estimate of drug-likeness (QED) is 0.479. The fourth-order valence-electron chi connectivity index (χ4n) is 3.42. The number of hydrogen-bond donors (Lipinski definition) is 1. The monoisotopic (exact) mass is 431 g/mol. The Labute approximate surface area is 183 Å². The fraction of sp³-hybridized carbons (Fsp3) is 0.208. The number of nitrogens with zero attached hydrogens (tertiary/aromatic N) is 3. The van der Waals surface area contributed by atoms with Crippen LogP contribution in [0.2, 0.25) is 0 Å². The van der Waals surface area contributed by atoms with Crippen molar-refractivity contribution in [2.75, 3.05) is 6.61 Å². The number of hydrogen-bond acceptors (Lipinski definition) is 6. The molecular formula is C24H21N3O3S. The van der Waals surface area contributed by atoms with Gasteiger partial charge in [0.05, 0.1) is 30.7 Å². The Hall–Kier alpha value is -3.47. The lowest BCUT2D eigenvalue weighted by Crippen LogP contribution is -2.30. The van der Waals surface area contributed by atoms with E-state index in [1.807, 2.05) is 49.4 Å². The Morgan fingerprint density at radius 2 is 1.94 bits per heavy atom. The fourth-order valence-corrected chi connectivity index (χ4v) is 4.57. The predicted octanol–water partition coefficient (Wildman–Crippen LogP) is 3.94. The van der Waals surface area contributed by atoms with E-state index < -0.39 is 6.10 Å². The third kappa shape index (κ3) is 4.50. The number of aromatic nitrogens is 2. The molecule has 0 aliphatic rings. The van der Waals surface area contributed by atoms with Crippen LogP contribution in [-0.4, -0.2) is 27.4 Å². The molecule has 1 N–H and O–H groups in total. The maximum Gasteiger partial charge on any atom is 0.262 e. The second-order valence-corrected chi connectivity index (χ2v) is 8.25. The summed E-state index contributed by atoms with van der Waals surface area (Å²) in [5.74, 6) is 0.600. The number of fused-ring (bicyclic) bond motifs is 1. The van der Waals surface area contributed by atoms with Crippen molar-refractivity contribution < 1.29 is 9.84 Å². The highest BCUT2D eigenvalue weighted by Crippen LogP contribution is 2.35. The van der Waals surface area contributed by atoms with Gasteiger partial charge in [-0.25, -0.2) is 4.98 Å². The molecule has 4 aromatic rings. The Balaban J connectivity index is 1.49. The van der Waals surface area contributed by atoms with E-state index in [-0.39, 0.29) is 18.7 Å². The van der Waals surface area contributed by atoms with Crippen molar-refractivity contribution in [3.8, 4) is 22.3 Å². The number of nitriles is 1. The summed E-state index contributed by atoms with van der Waals surface area (Å²) in [5.41, 5.74) is 2.70. The average molecular weight is 432 g/mol. The van der Waals surface area contributed by atoms with Gasteiger partial charge in [0.2, 0.25) is 0 Å². The van der Waals surface area contributed by atoms with Gasteiger partial charge in [0.15, 0.2) is 0 Å². The summed E-state index contributed by atoms with van der Waals surface area (Å²) >= 11 is 1.50. The van der Waals surface area contributed by atoms with Crippen LogP contribution in [0.4, 0.5) is 0 Å². The molecule has 0 spiro atoms. The number of ether oxygens (including phenoxy) is 1. The van der Waals surface area contributed by atoms with Gasteiger partial charge in [-0.3, -0.25) is 9.36 Å². The molecule has 0 amide bonds. The molecule has 0 fully saturated rings. The van der Waals surface area contributed by atoms with Crippen LogP contribution in [0, 0.1) is 18.3 Å². The van der Waals surface area contributed by atoms with Gasteiger partial charge in [0.1, 0.15) is 23.3 Å². The molecule has 1 unspecified atom stereocenters. The minimum Gasteiger partial charge on any atom is -0.491 e. The summed E-state index contributed by atoms with van der Waals surface area (Å²) in [6.07, 6.45) is 0.952. The Morgan fingerprint density at radius 1 is 1.19 bits per heavy atom. The minimum atomic E-state index is -0.872. The highest BCUT2D eigenvalue weighted by Gasteiger charge is 2.17. The summed E-state index contributed by atoms with van der Waals surface area (Å²) in [5, 5.41) is 19.7. The standard InChI is InChI=1S/C24H21N3O3S/c1-16-21-23(31-22(16)18-5-3-2-4-6-18)26-15-27(24(21)29)13-19(28)14-30-20-9-7-17(8-10-20)11-12-25/h2-10,15,19,28H,11,13-14H2,1H3. The highest BCUT2D eigenvalue weighted by atomic mass is 32.1. The molecule has 4 rings (SSSR count). The zero-order valence-corrected chi connectivity index (χ0v) is 17.8. The van der Waals surface area contributed by atoms with Crippen LogP contribution in [0.25, 0.3) is 20.7 Å². The normalized spacial score (nSPS) is 11.9. The summed E-state index contributed by atoms with van der Waals surface area (Å²) in [6, 6.07) is 19.2. The van der Waals surface area contributed by atoms with E-state index in [9.17, 15) is 9.90 Å². The molecule has 2 aromatic carbocycles. The Morgan fingerprint density at radius 3 is 2.65 bits per heavy atom. The second kappa shape index (κ2) is 9.13.